The lowest BCUT2D eigenvalue weighted by atomic mass is 9.90. The van der Waals surface area contributed by atoms with Crippen LogP contribution in [0.5, 0.6) is 0 Å². The van der Waals surface area contributed by atoms with Crippen LogP contribution >= 0.6 is 12.1 Å². The number of nitrogens with zero attached hydrogens (tertiary/aromatic N) is 2. The third-order valence-electron chi connectivity index (χ3n) is 6.82. The van der Waals surface area contributed by atoms with Gasteiger partial charge in [0, 0.05) is 66.9 Å². The number of aromatic nitrogens is 1. The average Bonchev–Trinajstić information content (AvgIpc) is 3.57. The molecule has 3 N–H and O–H groups in total. The molecular formula is C29H35F2N5S. The summed E-state index contributed by atoms with van der Waals surface area (Å²) in [4.78, 5) is 5.50. The number of aryl methyl sites for hydroxylation is 1. The zero-order valence-corrected chi connectivity index (χ0v) is 22.6. The van der Waals surface area contributed by atoms with Crippen LogP contribution in [0, 0.1) is 6.92 Å². The van der Waals surface area contributed by atoms with E-state index in [-0.39, 0.29) is 18.4 Å². The van der Waals surface area contributed by atoms with Gasteiger partial charge in [-0.15, -0.1) is 0 Å². The average molecular weight is 524 g/mol. The largest absolute Gasteiger partial charge is 0.364 e. The van der Waals surface area contributed by atoms with Crippen LogP contribution < -0.4 is 14.9 Å². The van der Waals surface area contributed by atoms with Gasteiger partial charge >= 0.3 is 0 Å². The molecule has 5 nitrogen and oxygen atoms in total. The first kappa shape index (κ1) is 27.0. The van der Waals surface area contributed by atoms with Crippen molar-refractivity contribution in [1.29, 1.82) is 0 Å². The molecule has 196 valence electrons. The van der Waals surface area contributed by atoms with Crippen LogP contribution in [-0.4, -0.2) is 42.6 Å². The molecule has 1 saturated heterocycles. The highest BCUT2D eigenvalue weighted by molar-refractivity contribution is 7.95. The van der Waals surface area contributed by atoms with Gasteiger partial charge in [0.1, 0.15) is 5.83 Å². The van der Waals surface area contributed by atoms with Gasteiger partial charge < -0.3 is 14.6 Å². The fourth-order valence-corrected chi connectivity index (χ4v) is 5.03. The van der Waals surface area contributed by atoms with Crippen molar-refractivity contribution in [3.63, 3.8) is 0 Å². The maximum Gasteiger partial charge on any atom is 0.153 e. The van der Waals surface area contributed by atoms with E-state index in [9.17, 15) is 0 Å². The monoisotopic (exact) mass is 523 g/mol. The van der Waals surface area contributed by atoms with Gasteiger partial charge in [-0.2, -0.15) is 0 Å². The minimum Gasteiger partial charge on any atom is -0.364 e. The van der Waals surface area contributed by atoms with Crippen LogP contribution in [0.15, 0.2) is 72.6 Å². The van der Waals surface area contributed by atoms with Crippen molar-refractivity contribution in [1.82, 2.24) is 19.3 Å². The summed E-state index contributed by atoms with van der Waals surface area (Å²) < 4.78 is 35.5. The van der Waals surface area contributed by atoms with Crippen LogP contribution in [0.4, 0.5) is 14.5 Å². The molecule has 2 aliphatic rings. The van der Waals surface area contributed by atoms with Gasteiger partial charge in [0.2, 0.25) is 0 Å². The van der Waals surface area contributed by atoms with E-state index in [2.05, 4.69) is 57.3 Å². The third-order valence-corrected chi connectivity index (χ3v) is 7.73. The Morgan fingerprint density at radius 2 is 2.00 bits per heavy atom. The maximum absolute atomic E-state index is 15.5. The van der Waals surface area contributed by atoms with E-state index in [4.69, 9.17) is 0 Å². The highest BCUT2D eigenvalue weighted by Crippen LogP contribution is 2.41. The molecule has 0 atom stereocenters. The Hall–Kier alpha value is -3.07. The van der Waals surface area contributed by atoms with Crippen molar-refractivity contribution in [2.75, 3.05) is 38.3 Å². The fraction of sp³-hybridized carbons (Fsp3) is 0.310. The number of benzene rings is 1. The number of anilines is 1. The lowest BCUT2D eigenvalue weighted by Gasteiger charge is -2.22. The van der Waals surface area contributed by atoms with Gasteiger partial charge in [-0.25, -0.2) is 13.1 Å². The Morgan fingerprint density at radius 1 is 1.24 bits per heavy atom. The second-order valence-corrected chi connectivity index (χ2v) is 10.2. The van der Waals surface area contributed by atoms with Crippen molar-refractivity contribution in [3.05, 3.63) is 95.0 Å². The molecule has 1 aliphatic carbocycles. The summed E-state index contributed by atoms with van der Waals surface area (Å²) in [6, 6.07) is 8.36. The molecule has 0 radical (unpaired) electrons. The minimum absolute atomic E-state index is 0.0640. The van der Waals surface area contributed by atoms with Crippen molar-refractivity contribution in [2.45, 2.75) is 26.7 Å². The van der Waals surface area contributed by atoms with Gasteiger partial charge in [-0.05, 0) is 55.3 Å². The van der Waals surface area contributed by atoms with Crippen molar-refractivity contribution in [3.8, 4) is 0 Å². The van der Waals surface area contributed by atoms with Crippen molar-refractivity contribution >= 4 is 35.0 Å². The van der Waals surface area contributed by atoms with Gasteiger partial charge in [-0.1, -0.05) is 38.3 Å². The molecule has 2 heterocycles. The molecule has 4 rings (SSSR count). The first-order valence-corrected chi connectivity index (χ1v) is 13.3. The van der Waals surface area contributed by atoms with Gasteiger partial charge in [0.15, 0.2) is 5.83 Å². The predicted molar refractivity (Wildman–Crippen MR) is 154 cm³/mol. The quantitative estimate of drug-likeness (QED) is 0.238. The normalized spacial score (nSPS) is 16.7. The van der Waals surface area contributed by atoms with Crippen LogP contribution in [0.1, 0.15) is 42.1 Å². The Bertz CT molecular complexity index is 1250. The van der Waals surface area contributed by atoms with Gasteiger partial charge in [0.05, 0.1) is 17.9 Å². The zero-order chi connectivity index (χ0) is 26.5. The second-order valence-electron chi connectivity index (χ2n) is 9.20. The topological polar surface area (TPSA) is 46.3 Å². The van der Waals surface area contributed by atoms with Crippen LogP contribution in [0.3, 0.4) is 0 Å². The number of aromatic amines is 1. The lowest BCUT2D eigenvalue weighted by molar-refractivity contribution is 0.530. The van der Waals surface area contributed by atoms with E-state index >= 15 is 8.78 Å². The summed E-state index contributed by atoms with van der Waals surface area (Å²) in [5.41, 5.74) is 6.11. The van der Waals surface area contributed by atoms with Crippen molar-refractivity contribution < 1.29 is 8.78 Å². The van der Waals surface area contributed by atoms with E-state index in [0.29, 0.717) is 16.8 Å². The fourth-order valence-electron chi connectivity index (χ4n) is 4.45. The highest BCUT2D eigenvalue weighted by Gasteiger charge is 2.27. The molecule has 8 heteroatoms. The molecule has 0 spiro atoms. The molecule has 1 aromatic heterocycles. The lowest BCUT2D eigenvalue weighted by Crippen LogP contribution is -2.20. The van der Waals surface area contributed by atoms with E-state index in [0.717, 1.165) is 48.7 Å². The number of nitrogens with one attached hydrogen (secondary N) is 3. The predicted octanol–water partition coefficient (Wildman–Crippen LogP) is 6.73. The summed E-state index contributed by atoms with van der Waals surface area (Å²) >= 11 is 1.30. The number of halogens is 2. The Kier molecular flexibility index (Phi) is 8.74. The van der Waals surface area contributed by atoms with E-state index < -0.39 is 11.7 Å². The molecule has 1 aliphatic heterocycles. The maximum atomic E-state index is 15.5. The van der Waals surface area contributed by atoms with Crippen LogP contribution in [0.2, 0.25) is 0 Å². The number of hydrogen-bond donors (Lipinski definition) is 3. The number of rotatable bonds is 10. The molecule has 1 aromatic carbocycles. The van der Waals surface area contributed by atoms with E-state index in [1.165, 1.54) is 17.8 Å². The molecular weight excluding hydrogens is 488 g/mol. The first-order chi connectivity index (χ1) is 17.8. The molecule has 0 amide bonds. The third kappa shape index (κ3) is 5.92. The summed E-state index contributed by atoms with van der Waals surface area (Å²) in [5.74, 6) is -1.07. The Labute approximate surface area is 223 Å². The van der Waals surface area contributed by atoms with Crippen molar-refractivity contribution in [2.24, 2.45) is 0 Å². The van der Waals surface area contributed by atoms with Gasteiger partial charge in [-0.3, -0.25) is 5.32 Å². The highest BCUT2D eigenvalue weighted by atomic mass is 32.2. The Balaban J connectivity index is 1.63. The molecule has 37 heavy (non-hydrogen) atoms. The number of allylic oxidation sites excluding steroid dienone is 7. The molecule has 1 fully saturated rings. The van der Waals surface area contributed by atoms with Crippen LogP contribution in [-0.2, 0) is 0 Å². The summed E-state index contributed by atoms with van der Waals surface area (Å²) in [6.45, 7) is 15.7. The molecule has 2 aromatic rings. The summed E-state index contributed by atoms with van der Waals surface area (Å²) in [7, 11) is 1.91. The van der Waals surface area contributed by atoms with E-state index in [1.807, 2.05) is 31.3 Å². The molecule has 0 bridgehead atoms. The molecule has 0 saturated carbocycles. The van der Waals surface area contributed by atoms with Gasteiger partial charge in [0.25, 0.3) is 0 Å². The Morgan fingerprint density at radius 3 is 2.65 bits per heavy atom. The minimum atomic E-state index is -0.588. The first-order valence-electron chi connectivity index (χ1n) is 12.5. The summed E-state index contributed by atoms with van der Waals surface area (Å²) in [5, 5.41) is 3.34. The number of H-pyrrole nitrogens is 1. The van der Waals surface area contributed by atoms with Crippen LogP contribution in [0.25, 0.3) is 17.2 Å². The smallest absolute Gasteiger partial charge is 0.153 e. The zero-order valence-electron chi connectivity index (χ0n) is 21.8. The SMILES string of the molecule is C=C/C(=C\c1c(C(=C)C2=C(F)CCC(NSN(C)CC)=C2F)c[nH]c1C)c1ccc(N2CCNC2)cc1. The summed E-state index contributed by atoms with van der Waals surface area (Å²) in [6.07, 6.45) is 5.98. The second kappa shape index (κ2) is 12.0. The van der Waals surface area contributed by atoms with E-state index in [1.54, 1.807) is 12.3 Å². The number of hydrogen-bond acceptors (Lipinski definition) is 5. The molecule has 0 unspecified atom stereocenters. The standard InChI is InChI=1S/C29H35F2N5S/c1-6-21(22-8-10-23(11-9-22)36-15-14-32-18-36)16-24-20(4)33-17-25(24)19(3)28-26(30)12-13-27(29(28)31)34-37-35(5)7-2/h6,8-11,16-17,32-34H,1,3,7,12-15,18H2,2,4-5H3/b21-16+.